The molecule has 0 radical (unpaired) electrons. The lowest BCUT2D eigenvalue weighted by molar-refractivity contribution is 1.14. The number of hydrogen-bond donors (Lipinski definition) is 0. The maximum Gasteiger partial charge on any atom is 0.160 e. The second-order valence-corrected chi connectivity index (χ2v) is 6.07. The van der Waals surface area contributed by atoms with Crippen LogP contribution >= 0.6 is 27.3 Å². The van der Waals surface area contributed by atoms with Gasteiger partial charge in [-0.25, -0.2) is 4.98 Å². The second kappa shape index (κ2) is 3.29. The number of hydrogen-bond acceptors (Lipinski definition) is 3. The van der Waals surface area contributed by atoms with Crippen molar-refractivity contribution in [3.05, 3.63) is 27.2 Å². The number of nitriles is 1. The van der Waals surface area contributed by atoms with Gasteiger partial charge >= 0.3 is 0 Å². The third-order valence-electron chi connectivity index (χ3n) is 2.64. The van der Waals surface area contributed by atoms with Gasteiger partial charge in [-0.15, -0.1) is 11.3 Å². The number of fused-ring (bicyclic) bond motifs is 1. The zero-order chi connectivity index (χ0) is 10.4. The van der Waals surface area contributed by atoms with Crippen molar-refractivity contribution in [3.8, 4) is 6.07 Å². The highest BCUT2D eigenvalue weighted by Gasteiger charge is 2.27. The molecular weight excluding hydrogens is 272 g/mol. The lowest BCUT2D eigenvalue weighted by Crippen LogP contribution is -1.85. The molecule has 1 saturated carbocycles. The van der Waals surface area contributed by atoms with Crippen LogP contribution in [0, 0.1) is 11.3 Å². The first-order valence-electron chi connectivity index (χ1n) is 4.78. The summed E-state index contributed by atoms with van der Waals surface area (Å²) < 4.78 is 2.01. The third kappa shape index (κ3) is 1.56. The molecule has 0 N–H and O–H groups in total. The molecule has 0 amide bonds. The van der Waals surface area contributed by atoms with E-state index in [1.165, 1.54) is 18.4 Å². The zero-order valence-corrected chi connectivity index (χ0v) is 10.2. The first kappa shape index (κ1) is 9.32. The van der Waals surface area contributed by atoms with E-state index in [2.05, 4.69) is 27.0 Å². The van der Waals surface area contributed by atoms with Gasteiger partial charge in [-0.05, 0) is 52.4 Å². The van der Waals surface area contributed by atoms with Crippen molar-refractivity contribution in [2.45, 2.75) is 18.8 Å². The Morgan fingerprint density at radius 2 is 2.27 bits per heavy atom. The lowest BCUT2D eigenvalue weighted by Gasteiger charge is -1.99. The van der Waals surface area contributed by atoms with E-state index in [1.807, 2.05) is 12.1 Å². The van der Waals surface area contributed by atoms with Crippen LogP contribution in [0.3, 0.4) is 0 Å². The van der Waals surface area contributed by atoms with E-state index in [4.69, 9.17) is 5.26 Å². The molecule has 2 aromatic rings. The summed E-state index contributed by atoms with van der Waals surface area (Å²) in [7, 11) is 0. The van der Waals surface area contributed by atoms with Crippen molar-refractivity contribution < 1.29 is 0 Å². The molecule has 0 spiro atoms. The number of thiazole rings is 1. The molecule has 0 unspecified atom stereocenters. The average Bonchev–Trinajstić information content (AvgIpc) is 2.98. The highest BCUT2D eigenvalue weighted by molar-refractivity contribution is 9.11. The summed E-state index contributed by atoms with van der Waals surface area (Å²) in [5, 5.41) is 8.95. The van der Waals surface area contributed by atoms with Crippen LogP contribution in [-0.4, -0.2) is 4.98 Å². The molecule has 1 aromatic heterocycles. The fourth-order valence-corrected chi connectivity index (χ4v) is 3.26. The molecule has 4 heteroatoms. The van der Waals surface area contributed by atoms with Gasteiger partial charge in [-0.1, -0.05) is 0 Å². The minimum atomic E-state index is 0.634. The Hall–Kier alpha value is -0.920. The third-order valence-corrected chi connectivity index (χ3v) is 4.10. The summed E-state index contributed by atoms with van der Waals surface area (Å²) in [6.07, 6.45) is 2.47. The Morgan fingerprint density at radius 3 is 2.93 bits per heavy atom. The van der Waals surface area contributed by atoms with Gasteiger partial charge in [-0.2, -0.15) is 5.26 Å². The van der Waals surface area contributed by atoms with E-state index in [0.29, 0.717) is 5.92 Å². The summed E-state index contributed by atoms with van der Waals surface area (Å²) >= 11 is 4.99. The van der Waals surface area contributed by atoms with Crippen molar-refractivity contribution in [1.29, 1.82) is 5.26 Å². The Balaban J connectivity index is 2.33. The summed E-state index contributed by atoms with van der Waals surface area (Å²) in [4.78, 5) is 4.48. The van der Waals surface area contributed by atoms with Crippen molar-refractivity contribution in [3.63, 3.8) is 0 Å². The van der Waals surface area contributed by atoms with Crippen LogP contribution in [0.2, 0.25) is 0 Å². The van der Waals surface area contributed by atoms with Crippen LogP contribution in [0.25, 0.3) is 10.2 Å². The summed E-state index contributed by atoms with van der Waals surface area (Å²) in [5.74, 6) is 0.634. The summed E-state index contributed by atoms with van der Waals surface area (Å²) in [6, 6.07) is 6.13. The number of nitrogens with zero attached hydrogens (tertiary/aromatic N) is 2. The van der Waals surface area contributed by atoms with Crippen LogP contribution in [-0.2, 0) is 0 Å². The van der Waals surface area contributed by atoms with Gasteiger partial charge in [-0.3, -0.25) is 0 Å². The molecule has 15 heavy (non-hydrogen) atoms. The molecule has 0 aliphatic heterocycles. The molecule has 2 nitrogen and oxygen atoms in total. The van der Waals surface area contributed by atoms with Crippen molar-refractivity contribution in [2.75, 3.05) is 0 Å². The van der Waals surface area contributed by atoms with Crippen LogP contribution in [0.4, 0.5) is 0 Å². The molecule has 3 rings (SSSR count). The molecule has 0 saturated heterocycles. The van der Waals surface area contributed by atoms with E-state index < -0.39 is 0 Å². The van der Waals surface area contributed by atoms with Crippen molar-refractivity contribution in [1.82, 2.24) is 4.98 Å². The van der Waals surface area contributed by atoms with Gasteiger partial charge in [0.25, 0.3) is 0 Å². The van der Waals surface area contributed by atoms with Crippen LogP contribution < -0.4 is 0 Å². The maximum atomic E-state index is 8.95. The number of rotatable bonds is 1. The molecule has 1 aromatic carbocycles. The molecule has 1 heterocycles. The van der Waals surface area contributed by atoms with Gasteiger partial charge < -0.3 is 0 Å². The maximum absolute atomic E-state index is 8.95. The van der Waals surface area contributed by atoms with Gasteiger partial charge in [0, 0.05) is 0 Å². The lowest BCUT2D eigenvalue weighted by atomic mass is 10.1. The zero-order valence-electron chi connectivity index (χ0n) is 7.83. The molecule has 1 aliphatic carbocycles. The van der Waals surface area contributed by atoms with Gasteiger partial charge in [0.05, 0.1) is 21.8 Å². The van der Waals surface area contributed by atoms with Crippen LogP contribution in [0.1, 0.15) is 29.9 Å². The average molecular weight is 279 g/mol. The summed E-state index contributed by atoms with van der Waals surface area (Å²) in [5.41, 5.74) is 3.08. The van der Waals surface area contributed by atoms with Crippen molar-refractivity contribution >= 4 is 37.5 Å². The molecule has 1 fully saturated rings. The monoisotopic (exact) mass is 278 g/mol. The standard InChI is InChI=1S/C11H7BrN2S/c12-11-14-10-8(7-1-2-7)3-6(5-13)4-9(10)15-11/h3-4,7H,1-2H2. The van der Waals surface area contributed by atoms with E-state index in [-0.39, 0.29) is 0 Å². The van der Waals surface area contributed by atoms with Gasteiger partial charge in [0.1, 0.15) is 0 Å². The minimum absolute atomic E-state index is 0.634. The van der Waals surface area contributed by atoms with E-state index in [0.717, 1.165) is 19.7 Å². The van der Waals surface area contributed by atoms with E-state index in [1.54, 1.807) is 11.3 Å². The first-order valence-corrected chi connectivity index (χ1v) is 6.39. The van der Waals surface area contributed by atoms with E-state index >= 15 is 0 Å². The Morgan fingerprint density at radius 1 is 1.47 bits per heavy atom. The molecule has 1 aliphatic rings. The minimum Gasteiger partial charge on any atom is -0.229 e. The predicted molar refractivity (Wildman–Crippen MR) is 64.0 cm³/mol. The van der Waals surface area contributed by atoms with Crippen LogP contribution in [0.15, 0.2) is 16.0 Å². The normalized spacial score (nSPS) is 15.5. The van der Waals surface area contributed by atoms with E-state index in [9.17, 15) is 0 Å². The first-order chi connectivity index (χ1) is 7.28. The van der Waals surface area contributed by atoms with Gasteiger partial charge in [0.2, 0.25) is 0 Å². The second-order valence-electron chi connectivity index (χ2n) is 3.77. The number of halogens is 1. The van der Waals surface area contributed by atoms with Gasteiger partial charge in [0.15, 0.2) is 3.92 Å². The highest BCUT2D eigenvalue weighted by atomic mass is 79.9. The molecule has 74 valence electrons. The Kier molecular flexibility index (Phi) is 2.04. The fourth-order valence-electron chi connectivity index (χ4n) is 1.80. The Bertz CT molecular complexity index is 578. The summed E-state index contributed by atoms with van der Waals surface area (Å²) in [6.45, 7) is 0. The number of benzene rings is 1. The predicted octanol–water partition coefficient (Wildman–Crippen LogP) is 3.81. The van der Waals surface area contributed by atoms with Crippen molar-refractivity contribution in [2.24, 2.45) is 0 Å². The largest absolute Gasteiger partial charge is 0.229 e. The molecule has 0 bridgehead atoms. The highest BCUT2D eigenvalue weighted by Crippen LogP contribution is 2.44. The quantitative estimate of drug-likeness (QED) is 0.796. The fraction of sp³-hybridized carbons (Fsp3) is 0.273. The molecular formula is C11H7BrN2S. The number of aromatic nitrogens is 1. The smallest absolute Gasteiger partial charge is 0.160 e. The Labute approximate surface area is 99.7 Å². The van der Waals surface area contributed by atoms with Crippen LogP contribution in [0.5, 0.6) is 0 Å². The molecule has 0 atom stereocenters. The SMILES string of the molecule is N#Cc1cc(C2CC2)c2nc(Br)sc2c1. The topological polar surface area (TPSA) is 36.7 Å².